The van der Waals surface area contributed by atoms with Gasteiger partial charge < -0.3 is 9.88 Å². The van der Waals surface area contributed by atoms with Crippen molar-refractivity contribution < 1.29 is 8.78 Å². The predicted molar refractivity (Wildman–Crippen MR) is 36.7 cm³/mol. The van der Waals surface area contributed by atoms with Gasteiger partial charge in [0, 0.05) is 13.1 Å². The third-order valence-corrected chi connectivity index (χ3v) is 1.85. The average molecular weight is 174 g/mol. The maximum absolute atomic E-state index is 12.2. The summed E-state index contributed by atoms with van der Waals surface area (Å²) in [5.74, 6) is 0.378. The molecule has 1 aromatic heterocycles. The van der Waals surface area contributed by atoms with Crippen LogP contribution in [0.1, 0.15) is 18.1 Å². The molecule has 1 aromatic rings. The van der Waals surface area contributed by atoms with E-state index in [9.17, 15) is 8.78 Å². The summed E-state index contributed by atoms with van der Waals surface area (Å²) < 4.78 is 26.0. The van der Waals surface area contributed by atoms with Crippen molar-refractivity contribution in [1.82, 2.24) is 20.1 Å². The molecule has 0 aromatic carbocycles. The molecule has 6 heteroatoms. The van der Waals surface area contributed by atoms with Crippen LogP contribution in [0.25, 0.3) is 0 Å². The van der Waals surface area contributed by atoms with Gasteiger partial charge in [-0.15, -0.1) is 10.2 Å². The lowest BCUT2D eigenvalue weighted by Crippen LogP contribution is -2.29. The van der Waals surface area contributed by atoms with Crippen LogP contribution in [0.15, 0.2) is 0 Å². The van der Waals surface area contributed by atoms with E-state index in [1.165, 1.54) is 4.57 Å². The Morgan fingerprint density at radius 2 is 2.25 bits per heavy atom. The lowest BCUT2D eigenvalue weighted by atomic mass is 10.4. The average Bonchev–Trinajstić information content (AvgIpc) is 2.47. The van der Waals surface area contributed by atoms with Gasteiger partial charge >= 0.3 is 0 Å². The van der Waals surface area contributed by atoms with Gasteiger partial charge in [0.25, 0.3) is 6.43 Å². The molecule has 1 aliphatic heterocycles. The van der Waals surface area contributed by atoms with Crippen LogP contribution in [0.3, 0.4) is 0 Å². The summed E-state index contributed by atoms with van der Waals surface area (Å²) in [5.41, 5.74) is 0. The van der Waals surface area contributed by atoms with Crippen LogP contribution in [-0.2, 0) is 13.1 Å². The van der Waals surface area contributed by atoms with Crippen LogP contribution < -0.4 is 5.32 Å². The summed E-state index contributed by atoms with van der Waals surface area (Å²) >= 11 is 0. The van der Waals surface area contributed by atoms with Gasteiger partial charge in [0.1, 0.15) is 5.82 Å². The molecular formula is C6H8F2N4. The standard InChI is InChI=1S/C6H8F2N4/c7-5(8)6-11-10-4-3-9-1-2-12(4)6/h5,9H,1-3H2. The van der Waals surface area contributed by atoms with Gasteiger partial charge in [0.2, 0.25) is 0 Å². The topological polar surface area (TPSA) is 42.7 Å². The van der Waals surface area contributed by atoms with Crippen LogP contribution >= 0.6 is 0 Å². The Morgan fingerprint density at radius 3 is 3.00 bits per heavy atom. The van der Waals surface area contributed by atoms with Gasteiger partial charge in [-0.05, 0) is 0 Å². The molecular weight excluding hydrogens is 166 g/mol. The SMILES string of the molecule is FC(F)c1nnc2n1CCNC2. The highest BCUT2D eigenvalue weighted by Crippen LogP contribution is 2.18. The molecule has 0 bridgehead atoms. The largest absolute Gasteiger partial charge is 0.308 e. The first-order valence-electron chi connectivity index (χ1n) is 3.70. The summed E-state index contributed by atoms with van der Waals surface area (Å²) in [5, 5.41) is 10.1. The first-order chi connectivity index (χ1) is 5.79. The van der Waals surface area contributed by atoms with E-state index in [-0.39, 0.29) is 5.82 Å². The molecule has 1 aliphatic rings. The van der Waals surface area contributed by atoms with Gasteiger partial charge in [-0.25, -0.2) is 8.78 Å². The zero-order valence-electron chi connectivity index (χ0n) is 6.30. The second kappa shape index (κ2) is 2.78. The maximum atomic E-state index is 12.2. The van der Waals surface area contributed by atoms with E-state index in [1.54, 1.807) is 0 Å². The first-order valence-corrected chi connectivity index (χ1v) is 3.70. The van der Waals surface area contributed by atoms with Crippen molar-refractivity contribution in [2.75, 3.05) is 6.54 Å². The molecule has 1 N–H and O–H groups in total. The highest BCUT2D eigenvalue weighted by Gasteiger charge is 2.21. The van der Waals surface area contributed by atoms with Crippen LogP contribution in [0.5, 0.6) is 0 Å². The molecule has 0 unspecified atom stereocenters. The zero-order valence-corrected chi connectivity index (χ0v) is 6.30. The lowest BCUT2D eigenvalue weighted by molar-refractivity contribution is 0.134. The quantitative estimate of drug-likeness (QED) is 0.666. The normalized spacial score (nSPS) is 16.6. The molecule has 0 atom stereocenters. The van der Waals surface area contributed by atoms with E-state index >= 15 is 0 Å². The van der Waals surface area contributed by atoms with Gasteiger partial charge in [-0.2, -0.15) is 0 Å². The van der Waals surface area contributed by atoms with Crippen molar-refractivity contribution in [3.63, 3.8) is 0 Å². The Hall–Kier alpha value is -1.04. The maximum Gasteiger partial charge on any atom is 0.297 e. The molecule has 0 aliphatic carbocycles. The minimum atomic E-state index is -2.52. The summed E-state index contributed by atoms with van der Waals surface area (Å²) in [6, 6.07) is 0. The molecule has 0 saturated carbocycles. The van der Waals surface area contributed by atoms with Crippen molar-refractivity contribution in [1.29, 1.82) is 0 Å². The Bertz CT molecular complexity index is 283. The van der Waals surface area contributed by atoms with Gasteiger partial charge in [0.15, 0.2) is 5.82 Å². The molecule has 0 saturated heterocycles. The summed E-state index contributed by atoms with van der Waals surface area (Å²) in [4.78, 5) is 0. The minimum Gasteiger partial charge on any atom is -0.308 e. The van der Waals surface area contributed by atoms with Crippen molar-refractivity contribution in [3.05, 3.63) is 11.6 Å². The molecule has 4 nitrogen and oxygen atoms in total. The van der Waals surface area contributed by atoms with E-state index < -0.39 is 6.43 Å². The highest BCUT2D eigenvalue weighted by molar-refractivity contribution is 4.99. The summed E-state index contributed by atoms with van der Waals surface area (Å²) in [6.45, 7) is 1.76. The number of rotatable bonds is 1. The summed E-state index contributed by atoms with van der Waals surface area (Å²) in [7, 11) is 0. The molecule has 0 spiro atoms. The van der Waals surface area contributed by atoms with E-state index in [0.29, 0.717) is 25.5 Å². The Kier molecular flexibility index (Phi) is 1.76. The molecule has 0 radical (unpaired) electrons. The van der Waals surface area contributed by atoms with Crippen molar-refractivity contribution in [3.8, 4) is 0 Å². The third kappa shape index (κ3) is 1.08. The van der Waals surface area contributed by atoms with Gasteiger partial charge in [-0.1, -0.05) is 0 Å². The third-order valence-electron chi connectivity index (χ3n) is 1.85. The van der Waals surface area contributed by atoms with E-state index in [2.05, 4.69) is 15.5 Å². The molecule has 12 heavy (non-hydrogen) atoms. The van der Waals surface area contributed by atoms with Crippen LogP contribution in [0.4, 0.5) is 8.78 Å². The lowest BCUT2D eigenvalue weighted by Gasteiger charge is -2.15. The molecule has 2 rings (SSSR count). The molecule has 0 amide bonds. The fraction of sp³-hybridized carbons (Fsp3) is 0.667. The number of halogens is 2. The molecule has 66 valence electrons. The highest BCUT2D eigenvalue weighted by atomic mass is 19.3. The Balaban J connectivity index is 2.38. The van der Waals surface area contributed by atoms with E-state index in [4.69, 9.17) is 0 Å². The fourth-order valence-corrected chi connectivity index (χ4v) is 1.28. The van der Waals surface area contributed by atoms with Gasteiger partial charge in [0.05, 0.1) is 6.54 Å². The van der Waals surface area contributed by atoms with Crippen molar-refractivity contribution >= 4 is 0 Å². The minimum absolute atomic E-state index is 0.216. The van der Waals surface area contributed by atoms with Crippen molar-refractivity contribution in [2.45, 2.75) is 19.5 Å². The number of nitrogens with one attached hydrogen (secondary N) is 1. The summed E-state index contributed by atoms with van der Waals surface area (Å²) in [6.07, 6.45) is -2.52. The monoisotopic (exact) mass is 174 g/mol. The molecule has 0 fully saturated rings. The number of hydrogen-bond acceptors (Lipinski definition) is 3. The number of nitrogens with zero attached hydrogens (tertiary/aromatic N) is 3. The second-order valence-corrected chi connectivity index (χ2v) is 2.60. The van der Waals surface area contributed by atoms with Crippen LogP contribution in [0, 0.1) is 0 Å². The van der Waals surface area contributed by atoms with Gasteiger partial charge in [-0.3, -0.25) is 0 Å². The van der Waals surface area contributed by atoms with Crippen LogP contribution in [-0.4, -0.2) is 21.3 Å². The molecule has 2 heterocycles. The Labute approximate surface area is 67.6 Å². The van der Waals surface area contributed by atoms with E-state index in [0.717, 1.165) is 0 Å². The fourth-order valence-electron chi connectivity index (χ4n) is 1.28. The predicted octanol–water partition coefficient (Wildman–Crippen LogP) is 0.319. The smallest absolute Gasteiger partial charge is 0.297 e. The number of aromatic nitrogens is 3. The number of alkyl halides is 2. The van der Waals surface area contributed by atoms with Crippen molar-refractivity contribution in [2.24, 2.45) is 0 Å². The number of hydrogen-bond donors (Lipinski definition) is 1. The number of fused-ring (bicyclic) bond motifs is 1. The first kappa shape index (κ1) is 7.60. The Morgan fingerprint density at radius 1 is 1.42 bits per heavy atom. The van der Waals surface area contributed by atoms with Crippen LogP contribution in [0.2, 0.25) is 0 Å². The zero-order chi connectivity index (χ0) is 8.55. The van der Waals surface area contributed by atoms with E-state index in [1.807, 2.05) is 0 Å². The second-order valence-electron chi connectivity index (χ2n) is 2.60.